The van der Waals surface area contributed by atoms with Gasteiger partial charge in [-0.1, -0.05) is 0 Å². The summed E-state index contributed by atoms with van der Waals surface area (Å²) < 4.78 is 10.7. The summed E-state index contributed by atoms with van der Waals surface area (Å²) in [6, 6.07) is 0. The molecular formula is C13H20O4. The first kappa shape index (κ1) is 12.4. The van der Waals surface area contributed by atoms with Crippen molar-refractivity contribution in [2.75, 3.05) is 0 Å². The third-order valence-corrected chi connectivity index (χ3v) is 3.94. The maximum atomic E-state index is 11.0. The Morgan fingerprint density at radius 2 is 1.24 bits per heavy atom. The Morgan fingerprint density at radius 3 is 1.59 bits per heavy atom. The van der Waals surface area contributed by atoms with Gasteiger partial charge in [0, 0.05) is 13.8 Å². The lowest BCUT2D eigenvalue weighted by atomic mass is 9.69. The van der Waals surface area contributed by atoms with E-state index in [4.69, 9.17) is 9.47 Å². The first-order valence-electron chi connectivity index (χ1n) is 6.40. The van der Waals surface area contributed by atoms with E-state index in [2.05, 4.69) is 0 Å². The van der Waals surface area contributed by atoms with Gasteiger partial charge in [0.1, 0.15) is 12.2 Å². The molecule has 4 heteroatoms. The van der Waals surface area contributed by atoms with Gasteiger partial charge in [-0.25, -0.2) is 0 Å². The maximum Gasteiger partial charge on any atom is 0.302 e. The third kappa shape index (κ3) is 2.99. The standard InChI is InChI=1S/C13H20O4/c1-8(14)16-12-5-3-11-7-10(12)4-6-13(11)17-9(2)15/h10-13H,3-7H2,1-2H3/t10-,11-,12+,13+/m1/s1. The molecule has 4 nitrogen and oxygen atoms in total. The predicted octanol–water partition coefficient (Wildman–Crippen LogP) is 2.06. The molecule has 0 aromatic rings. The Hall–Kier alpha value is -1.06. The van der Waals surface area contributed by atoms with E-state index in [1.54, 1.807) is 0 Å². The van der Waals surface area contributed by atoms with Crippen LogP contribution in [-0.4, -0.2) is 24.1 Å². The molecule has 0 unspecified atom stereocenters. The number of esters is 2. The van der Waals surface area contributed by atoms with Crippen LogP contribution in [0.2, 0.25) is 0 Å². The quantitative estimate of drug-likeness (QED) is 0.693. The zero-order chi connectivity index (χ0) is 12.4. The summed E-state index contributed by atoms with van der Waals surface area (Å²) in [4.78, 5) is 22.0. The second kappa shape index (κ2) is 5.07. The van der Waals surface area contributed by atoms with Crippen LogP contribution in [0.5, 0.6) is 0 Å². The molecule has 96 valence electrons. The zero-order valence-corrected chi connectivity index (χ0v) is 10.5. The highest BCUT2D eigenvalue weighted by molar-refractivity contribution is 5.66. The predicted molar refractivity (Wildman–Crippen MR) is 61.2 cm³/mol. The van der Waals surface area contributed by atoms with Gasteiger partial charge < -0.3 is 9.47 Å². The molecule has 0 saturated heterocycles. The van der Waals surface area contributed by atoms with Crippen LogP contribution in [0.3, 0.4) is 0 Å². The van der Waals surface area contributed by atoms with Gasteiger partial charge in [0.2, 0.25) is 0 Å². The Balaban J connectivity index is 1.91. The Kier molecular flexibility index (Phi) is 3.69. The van der Waals surface area contributed by atoms with E-state index in [-0.39, 0.29) is 24.1 Å². The van der Waals surface area contributed by atoms with Crippen molar-refractivity contribution in [3.05, 3.63) is 0 Å². The highest BCUT2D eigenvalue weighted by atomic mass is 16.5. The summed E-state index contributed by atoms with van der Waals surface area (Å²) in [6.45, 7) is 2.94. The van der Waals surface area contributed by atoms with Crippen LogP contribution < -0.4 is 0 Å². The van der Waals surface area contributed by atoms with Gasteiger partial charge in [-0.2, -0.15) is 0 Å². The van der Waals surface area contributed by atoms with E-state index >= 15 is 0 Å². The molecule has 0 amide bonds. The fourth-order valence-electron chi connectivity index (χ4n) is 3.26. The molecule has 0 heterocycles. The fraction of sp³-hybridized carbons (Fsp3) is 0.846. The summed E-state index contributed by atoms with van der Waals surface area (Å²) in [5.41, 5.74) is 0. The lowest BCUT2D eigenvalue weighted by Gasteiger charge is -2.43. The smallest absolute Gasteiger partial charge is 0.302 e. The monoisotopic (exact) mass is 240 g/mol. The number of ether oxygens (including phenoxy) is 2. The van der Waals surface area contributed by atoms with Crippen molar-refractivity contribution >= 4 is 11.9 Å². The minimum Gasteiger partial charge on any atom is -0.462 e. The highest BCUT2D eigenvalue weighted by Gasteiger charge is 2.41. The van der Waals surface area contributed by atoms with E-state index in [1.807, 2.05) is 0 Å². The number of fused-ring (bicyclic) bond motifs is 2. The fourth-order valence-corrected chi connectivity index (χ4v) is 3.26. The van der Waals surface area contributed by atoms with Gasteiger partial charge in [-0.15, -0.1) is 0 Å². The molecule has 0 N–H and O–H groups in total. The summed E-state index contributed by atoms with van der Waals surface area (Å²) >= 11 is 0. The highest BCUT2D eigenvalue weighted by Crippen LogP contribution is 2.42. The van der Waals surface area contributed by atoms with Crippen LogP contribution in [0.4, 0.5) is 0 Å². The van der Waals surface area contributed by atoms with E-state index in [9.17, 15) is 9.59 Å². The summed E-state index contributed by atoms with van der Waals surface area (Å²) in [6.07, 6.45) is 5.00. The second-order valence-electron chi connectivity index (χ2n) is 5.21. The van der Waals surface area contributed by atoms with Crippen molar-refractivity contribution < 1.29 is 19.1 Å². The summed E-state index contributed by atoms with van der Waals surface area (Å²) in [7, 11) is 0. The minimum absolute atomic E-state index is 0.0852. The van der Waals surface area contributed by atoms with E-state index < -0.39 is 0 Å². The molecule has 2 aliphatic rings. The lowest BCUT2D eigenvalue weighted by molar-refractivity contribution is -0.161. The topological polar surface area (TPSA) is 52.6 Å². The molecule has 0 aromatic heterocycles. The van der Waals surface area contributed by atoms with Crippen molar-refractivity contribution in [3.8, 4) is 0 Å². The number of carbonyl (C=O) groups is 2. The Morgan fingerprint density at radius 1 is 0.824 bits per heavy atom. The number of rotatable bonds is 2. The van der Waals surface area contributed by atoms with Crippen molar-refractivity contribution in [1.82, 2.24) is 0 Å². The minimum atomic E-state index is -0.185. The van der Waals surface area contributed by atoms with Gasteiger partial charge in [0.15, 0.2) is 0 Å². The molecule has 0 aliphatic heterocycles. The van der Waals surface area contributed by atoms with Crippen LogP contribution >= 0.6 is 0 Å². The normalized spacial score (nSPS) is 36.1. The lowest BCUT2D eigenvalue weighted by Crippen LogP contribution is -2.42. The molecule has 2 fully saturated rings. The van der Waals surface area contributed by atoms with Gasteiger partial charge in [-0.05, 0) is 43.9 Å². The number of carbonyl (C=O) groups excluding carboxylic acids is 2. The van der Waals surface area contributed by atoms with Crippen molar-refractivity contribution in [2.45, 2.75) is 58.2 Å². The molecule has 0 spiro atoms. The van der Waals surface area contributed by atoms with E-state index in [1.165, 1.54) is 13.8 Å². The molecule has 2 rings (SSSR count). The Labute approximate surface area is 102 Å². The molecule has 0 radical (unpaired) electrons. The van der Waals surface area contributed by atoms with E-state index in [0.29, 0.717) is 11.8 Å². The number of hydrogen-bond donors (Lipinski definition) is 0. The first-order valence-corrected chi connectivity index (χ1v) is 6.40. The first-order chi connectivity index (χ1) is 8.06. The molecule has 17 heavy (non-hydrogen) atoms. The van der Waals surface area contributed by atoms with Crippen molar-refractivity contribution in [1.29, 1.82) is 0 Å². The molecule has 0 aromatic carbocycles. The van der Waals surface area contributed by atoms with Gasteiger partial charge >= 0.3 is 11.9 Å². The molecule has 4 atom stereocenters. The zero-order valence-electron chi connectivity index (χ0n) is 10.5. The van der Waals surface area contributed by atoms with Crippen molar-refractivity contribution in [2.24, 2.45) is 11.8 Å². The average molecular weight is 240 g/mol. The summed E-state index contributed by atoms with van der Waals surface area (Å²) in [5.74, 6) is 0.556. The van der Waals surface area contributed by atoms with Gasteiger partial charge in [-0.3, -0.25) is 9.59 Å². The van der Waals surface area contributed by atoms with Crippen LogP contribution in [0.15, 0.2) is 0 Å². The van der Waals surface area contributed by atoms with Gasteiger partial charge in [0.05, 0.1) is 0 Å². The largest absolute Gasteiger partial charge is 0.462 e. The third-order valence-electron chi connectivity index (χ3n) is 3.94. The summed E-state index contributed by atoms with van der Waals surface area (Å²) in [5, 5.41) is 0. The van der Waals surface area contributed by atoms with Crippen LogP contribution in [0.1, 0.15) is 46.0 Å². The van der Waals surface area contributed by atoms with Gasteiger partial charge in [0.25, 0.3) is 0 Å². The number of hydrogen-bond acceptors (Lipinski definition) is 4. The van der Waals surface area contributed by atoms with Crippen LogP contribution in [0, 0.1) is 11.8 Å². The average Bonchev–Trinajstić information content (AvgIpc) is 2.24. The van der Waals surface area contributed by atoms with E-state index in [0.717, 1.165) is 32.1 Å². The molecule has 2 aliphatic carbocycles. The second-order valence-corrected chi connectivity index (χ2v) is 5.21. The van der Waals surface area contributed by atoms with Crippen LogP contribution in [0.25, 0.3) is 0 Å². The van der Waals surface area contributed by atoms with Crippen LogP contribution in [-0.2, 0) is 19.1 Å². The molecule has 2 saturated carbocycles. The SMILES string of the molecule is CC(=O)O[C@H]1CC[C@@H]2C[C@H]1CC[C@@H]2OC(C)=O. The Bertz CT molecular complexity index is 283. The molecular weight excluding hydrogens is 220 g/mol. The molecule has 2 bridgehead atoms. The van der Waals surface area contributed by atoms with Crippen molar-refractivity contribution in [3.63, 3.8) is 0 Å². The maximum absolute atomic E-state index is 11.0.